The summed E-state index contributed by atoms with van der Waals surface area (Å²) in [7, 11) is 0. The lowest BCUT2D eigenvalue weighted by Gasteiger charge is -2.11. The highest BCUT2D eigenvalue weighted by Gasteiger charge is 2.34. The molecule has 0 heterocycles. The highest BCUT2D eigenvalue weighted by molar-refractivity contribution is 5.73. The fourth-order valence-corrected chi connectivity index (χ4v) is 2.19. The molecule has 70 valence electrons. The summed E-state index contributed by atoms with van der Waals surface area (Å²) < 4.78 is 0. The van der Waals surface area contributed by atoms with Gasteiger partial charge in [-0.1, -0.05) is 12.2 Å². The van der Waals surface area contributed by atoms with E-state index in [1.807, 2.05) is 0 Å². The van der Waals surface area contributed by atoms with Crippen LogP contribution in [0.5, 0.6) is 0 Å². The van der Waals surface area contributed by atoms with Crippen molar-refractivity contribution in [2.75, 3.05) is 0 Å². The molecule has 1 saturated carbocycles. The maximum Gasteiger partial charge on any atom is 0.332 e. The van der Waals surface area contributed by atoms with Gasteiger partial charge >= 0.3 is 6.03 Å². The molecule has 4 nitrogen and oxygen atoms in total. The predicted molar refractivity (Wildman–Crippen MR) is 50.1 cm³/mol. The van der Waals surface area contributed by atoms with Crippen molar-refractivity contribution < 1.29 is 4.79 Å². The molecule has 2 aliphatic carbocycles. The number of hydrazone groups is 1. The van der Waals surface area contributed by atoms with Crippen LogP contribution in [0.2, 0.25) is 0 Å². The number of carbonyl (C=O) groups excluding carboxylic acids is 1. The number of amides is 2. The summed E-state index contributed by atoms with van der Waals surface area (Å²) in [5.74, 6) is 1.85. The fraction of sp³-hybridized carbons (Fsp3) is 0.556. The van der Waals surface area contributed by atoms with Crippen molar-refractivity contribution in [2.45, 2.75) is 12.8 Å². The number of nitrogens with zero attached hydrogens (tertiary/aromatic N) is 1. The summed E-state index contributed by atoms with van der Waals surface area (Å²) in [6.07, 6.45) is 8.73. The van der Waals surface area contributed by atoms with Gasteiger partial charge in [-0.15, -0.1) is 0 Å². The van der Waals surface area contributed by atoms with Crippen LogP contribution in [-0.2, 0) is 0 Å². The van der Waals surface area contributed by atoms with Gasteiger partial charge in [0.15, 0.2) is 0 Å². The van der Waals surface area contributed by atoms with Crippen LogP contribution in [0.25, 0.3) is 0 Å². The standard InChI is InChI=1S/C9H13N3O/c10-9(13)12-11-5-8-4-6-1-2-7(8)3-6/h1-2,5-8H,3-4H2,(H3,10,12,13)/b11-5-/t6-,7+,8+/m0/s1. The Morgan fingerprint density at radius 2 is 2.38 bits per heavy atom. The summed E-state index contributed by atoms with van der Waals surface area (Å²) in [5.41, 5.74) is 7.09. The Bertz CT molecular complexity index is 272. The molecule has 2 bridgehead atoms. The topological polar surface area (TPSA) is 67.5 Å². The molecule has 0 radical (unpaired) electrons. The normalized spacial score (nSPS) is 35.8. The average molecular weight is 179 g/mol. The number of primary amides is 1. The molecule has 2 amide bonds. The van der Waals surface area contributed by atoms with Crippen LogP contribution >= 0.6 is 0 Å². The van der Waals surface area contributed by atoms with Crippen molar-refractivity contribution >= 4 is 12.2 Å². The minimum absolute atomic E-state index is 0.488. The van der Waals surface area contributed by atoms with Gasteiger partial charge in [-0.2, -0.15) is 5.10 Å². The lowest BCUT2D eigenvalue weighted by atomic mass is 9.95. The molecule has 3 N–H and O–H groups in total. The molecule has 0 saturated heterocycles. The Hall–Kier alpha value is -1.32. The number of nitrogens with two attached hydrogens (primary N) is 1. The van der Waals surface area contributed by atoms with Gasteiger partial charge in [0, 0.05) is 12.1 Å². The molecular formula is C9H13N3O. The zero-order chi connectivity index (χ0) is 9.26. The number of fused-ring (bicyclic) bond motifs is 2. The Balaban J connectivity index is 1.86. The molecule has 0 unspecified atom stereocenters. The lowest BCUT2D eigenvalue weighted by molar-refractivity contribution is 0.249. The zero-order valence-electron chi connectivity index (χ0n) is 7.31. The van der Waals surface area contributed by atoms with Gasteiger partial charge in [0.25, 0.3) is 0 Å². The minimum atomic E-state index is -0.602. The van der Waals surface area contributed by atoms with Gasteiger partial charge in [0.05, 0.1) is 0 Å². The first kappa shape index (κ1) is 8.29. The minimum Gasteiger partial charge on any atom is -0.350 e. The Kier molecular flexibility index (Phi) is 2.04. The Labute approximate surface area is 76.9 Å². The highest BCUT2D eigenvalue weighted by Crippen LogP contribution is 2.42. The lowest BCUT2D eigenvalue weighted by Crippen LogP contribution is -2.25. The Morgan fingerprint density at radius 3 is 2.92 bits per heavy atom. The van der Waals surface area contributed by atoms with Gasteiger partial charge in [-0.05, 0) is 24.7 Å². The number of rotatable bonds is 2. The molecule has 3 atom stereocenters. The van der Waals surface area contributed by atoms with Crippen LogP contribution in [0.1, 0.15) is 12.8 Å². The van der Waals surface area contributed by atoms with Gasteiger partial charge in [-0.25, -0.2) is 10.2 Å². The molecular weight excluding hydrogens is 166 g/mol. The maximum absolute atomic E-state index is 10.3. The van der Waals surface area contributed by atoms with E-state index in [9.17, 15) is 4.79 Å². The average Bonchev–Trinajstić information content (AvgIpc) is 2.64. The Morgan fingerprint density at radius 1 is 1.54 bits per heavy atom. The molecule has 0 aromatic heterocycles. The molecule has 1 fully saturated rings. The smallest absolute Gasteiger partial charge is 0.332 e. The summed E-state index contributed by atoms with van der Waals surface area (Å²) in [4.78, 5) is 10.3. The van der Waals surface area contributed by atoms with E-state index in [1.54, 1.807) is 6.21 Å². The van der Waals surface area contributed by atoms with Gasteiger partial charge < -0.3 is 5.73 Å². The molecule has 2 aliphatic rings. The third-order valence-corrected chi connectivity index (χ3v) is 2.77. The van der Waals surface area contributed by atoms with E-state index in [0.717, 1.165) is 12.3 Å². The summed E-state index contributed by atoms with van der Waals surface area (Å²) in [5, 5.41) is 3.79. The van der Waals surface area contributed by atoms with E-state index in [0.29, 0.717) is 11.8 Å². The second kappa shape index (κ2) is 3.20. The monoisotopic (exact) mass is 179 g/mol. The SMILES string of the molecule is NC(=O)N/N=C\[C@H]1C[C@H]2C=C[C@@H]1C2. The number of carbonyl (C=O) groups is 1. The van der Waals surface area contributed by atoms with Crippen molar-refractivity contribution in [1.29, 1.82) is 0 Å². The number of hydrogen-bond donors (Lipinski definition) is 2. The van der Waals surface area contributed by atoms with E-state index >= 15 is 0 Å². The third-order valence-electron chi connectivity index (χ3n) is 2.77. The third kappa shape index (κ3) is 1.71. The van der Waals surface area contributed by atoms with Crippen molar-refractivity contribution in [3.63, 3.8) is 0 Å². The number of allylic oxidation sites excluding steroid dienone is 2. The summed E-state index contributed by atoms with van der Waals surface area (Å²) in [6.45, 7) is 0. The summed E-state index contributed by atoms with van der Waals surface area (Å²) >= 11 is 0. The molecule has 2 rings (SSSR count). The van der Waals surface area contributed by atoms with Crippen molar-refractivity contribution in [2.24, 2.45) is 28.6 Å². The van der Waals surface area contributed by atoms with Crippen LogP contribution in [-0.4, -0.2) is 12.2 Å². The number of urea groups is 1. The van der Waals surface area contributed by atoms with Crippen molar-refractivity contribution in [3.05, 3.63) is 12.2 Å². The van der Waals surface area contributed by atoms with E-state index in [1.165, 1.54) is 6.42 Å². The van der Waals surface area contributed by atoms with E-state index in [4.69, 9.17) is 5.73 Å². The molecule has 0 aliphatic heterocycles. The molecule has 13 heavy (non-hydrogen) atoms. The van der Waals surface area contributed by atoms with Crippen LogP contribution in [0, 0.1) is 17.8 Å². The van der Waals surface area contributed by atoms with Crippen molar-refractivity contribution in [1.82, 2.24) is 5.43 Å². The highest BCUT2D eigenvalue weighted by atomic mass is 16.2. The number of nitrogens with one attached hydrogen (secondary N) is 1. The fourth-order valence-electron chi connectivity index (χ4n) is 2.19. The van der Waals surface area contributed by atoms with Gasteiger partial charge in [0.2, 0.25) is 0 Å². The molecule has 0 aromatic carbocycles. The van der Waals surface area contributed by atoms with Crippen LogP contribution in [0.4, 0.5) is 4.79 Å². The largest absolute Gasteiger partial charge is 0.350 e. The van der Waals surface area contributed by atoms with Gasteiger partial charge in [-0.3, -0.25) is 0 Å². The zero-order valence-corrected chi connectivity index (χ0v) is 7.31. The van der Waals surface area contributed by atoms with E-state index < -0.39 is 6.03 Å². The predicted octanol–water partition coefficient (Wildman–Crippen LogP) is 0.853. The summed E-state index contributed by atoms with van der Waals surface area (Å²) in [6, 6.07) is -0.602. The molecule has 0 aromatic rings. The van der Waals surface area contributed by atoms with Crippen LogP contribution in [0.3, 0.4) is 0 Å². The van der Waals surface area contributed by atoms with Crippen LogP contribution < -0.4 is 11.2 Å². The molecule has 4 heteroatoms. The van der Waals surface area contributed by atoms with E-state index in [2.05, 4.69) is 22.7 Å². The number of hydrogen-bond acceptors (Lipinski definition) is 2. The quantitative estimate of drug-likeness (QED) is 0.368. The first-order valence-corrected chi connectivity index (χ1v) is 4.52. The van der Waals surface area contributed by atoms with Crippen LogP contribution in [0.15, 0.2) is 17.3 Å². The first-order valence-electron chi connectivity index (χ1n) is 4.52. The molecule has 0 spiro atoms. The first-order chi connectivity index (χ1) is 6.25. The maximum atomic E-state index is 10.3. The van der Waals surface area contributed by atoms with Gasteiger partial charge in [0.1, 0.15) is 0 Å². The second-order valence-electron chi connectivity index (χ2n) is 3.70. The second-order valence-corrected chi connectivity index (χ2v) is 3.70. The van der Waals surface area contributed by atoms with E-state index in [-0.39, 0.29) is 0 Å². The van der Waals surface area contributed by atoms with Crippen molar-refractivity contribution in [3.8, 4) is 0 Å².